The van der Waals surface area contributed by atoms with Crippen molar-refractivity contribution in [2.45, 2.75) is 26.3 Å². The van der Waals surface area contributed by atoms with Gasteiger partial charge >= 0.3 is 5.97 Å². The highest BCUT2D eigenvalue weighted by Gasteiger charge is 2.17. The van der Waals surface area contributed by atoms with Gasteiger partial charge in [-0.3, -0.25) is 9.59 Å². The molecule has 6 nitrogen and oxygen atoms in total. The molecule has 8 heteroatoms. The number of nitrogens with one attached hydrogen (secondary N) is 1. The molecule has 2 aromatic rings. The van der Waals surface area contributed by atoms with Gasteiger partial charge in [0.25, 0.3) is 5.91 Å². The van der Waals surface area contributed by atoms with Gasteiger partial charge in [0, 0.05) is 11.7 Å². The summed E-state index contributed by atoms with van der Waals surface area (Å²) in [5, 5.41) is 16.4. The quantitative estimate of drug-likeness (QED) is 0.862. The second-order valence-corrected chi connectivity index (χ2v) is 5.97. The maximum absolute atomic E-state index is 12.1. The Kier molecular flexibility index (Phi) is 5.28. The van der Waals surface area contributed by atoms with Crippen molar-refractivity contribution in [2.24, 2.45) is 0 Å². The third-order valence-electron chi connectivity index (χ3n) is 3.13. The van der Waals surface area contributed by atoms with Gasteiger partial charge in [-0.1, -0.05) is 23.2 Å². The summed E-state index contributed by atoms with van der Waals surface area (Å²) in [6.07, 6.45) is -0.155. The molecule has 1 unspecified atom stereocenters. The first kappa shape index (κ1) is 17.3. The van der Waals surface area contributed by atoms with E-state index in [9.17, 15) is 9.59 Å². The molecule has 1 aromatic carbocycles. The number of benzene rings is 1. The van der Waals surface area contributed by atoms with Crippen molar-refractivity contribution >= 4 is 35.1 Å². The van der Waals surface area contributed by atoms with E-state index < -0.39 is 17.9 Å². The Morgan fingerprint density at radius 2 is 2.00 bits per heavy atom. The molecule has 0 aliphatic heterocycles. The number of nitrogens with zero attached hydrogens (tertiary/aromatic N) is 2. The van der Waals surface area contributed by atoms with Crippen molar-refractivity contribution in [3.8, 4) is 5.69 Å². The number of amides is 1. The number of aryl methyl sites for hydroxylation is 1. The molecule has 1 aromatic heterocycles. The summed E-state index contributed by atoms with van der Waals surface area (Å²) in [7, 11) is 0. The van der Waals surface area contributed by atoms with E-state index in [1.54, 1.807) is 42.8 Å². The van der Waals surface area contributed by atoms with Gasteiger partial charge in [0.05, 0.1) is 22.2 Å². The summed E-state index contributed by atoms with van der Waals surface area (Å²) in [5.74, 6) is -1.41. The first-order chi connectivity index (χ1) is 10.8. The van der Waals surface area contributed by atoms with Crippen LogP contribution in [0, 0.1) is 6.92 Å². The van der Waals surface area contributed by atoms with Crippen LogP contribution in [0.15, 0.2) is 24.3 Å². The molecule has 1 atom stereocenters. The van der Waals surface area contributed by atoms with E-state index in [2.05, 4.69) is 10.4 Å². The number of halogens is 2. The van der Waals surface area contributed by atoms with Crippen LogP contribution in [0.3, 0.4) is 0 Å². The molecule has 1 amide bonds. The van der Waals surface area contributed by atoms with Crippen LogP contribution in [-0.4, -0.2) is 32.8 Å². The number of carbonyl (C=O) groups is 2. The van der Waals surface area contributed by atoms with Crippen LogP contribution in [0.1, 0.15) is 29.5 Å². The Bertz CT molecular complexity index is 758. The van der Waals surface area contributed by atoms with E-state index in [0.29, 0.717) is 15.7 Å². The molecule has 0 bridgehead atoms. The lowest BCUT2D eigenvalue weighted by molar-refractivity contribution is -0.137. The number of carboxylic acids is 1. The fourth-order valence-electron chi connectivity index (χ4n) is 2.07. The Labute approximate surface area is 143 Å². The zero-order chi connectivity index (χ0) is 17.1. The molecule has 2 N–H and O–H groups in total. The lowest BCUT2D eigenvalue weighted by Crippen LogP contribution is -2.34. The molecule has 0 saturated carbocycles. The van der Waals surface area contributed by atoms with Gasteiger partial charge in [0.15, 0.2) is 5.69 Å². The van der Waals surface area contributed by atoms with Crippen LogP contribution in [-0.2, 0) is 4.79 Å². The Hall–Kier alpha value is -2.05. The van der Waals surface area contributed by atoms with Crippen LogP contribution in [0.5, 0.6) is 0 Å². The van der Waals surface area contributed by atoms with E-state index >= 15 is 0 Å². The average Bonchev–Trinajstić information content (AvgIpc) is 2.83. The maximum atomic E-state index is 12.1. The number of carbonyl (C=O) groups excluding carboxylic acids is 1. The van der Waals surface area contributed by atoms with E-state index in [1.807, 2.05) is 0 Å². The highest BCUT2D eigenvalue weighted by Crippen LogP contribution is 2.25. The molecule has 2 rings (SSSR count). The highest BCUT2D eigenvalue weighted by molar-refractivity contribution is 6.42. The molecule has 122 valence electrons. The number of carboxylic acid groups (broad SMARTS) is 1. The van der Waals surface area contributed by atoms with Gasteiger partial charge < -0.3 is 10.4 Å². The molecule has 0 saturated heterocycles. The monoisotopic (exact) mass is 355 g/mol. The predicted octanol–water partition coefficient (Wildman–Crippen LogP) is 3.08. The first-order valence-electron chi connectivity index (χ1n) is 6.82. The van der Waals surface area contributed by atoms with Crippen molar-refractivity contribution in [3.63, 3.8) is 0 Å². The summed E-state index contributed by atoms with van der Waals surface area (Å²) in [6.45, 7) is 3.42. The summed E-state index contributed by atoms with van der Waals surface area (Å²) in [6, 6.07) is 6.16. The topological polar surface area (TPSA) is 84.2 Å². The minimum atomic E-state index is -0.977. The predicted molar refractivity (Wildman–Crippen MR) is 87.5 cm³/mol. The molecule has 0 radical (unpaired) electrons. The lowest BCUT2D eigenvalue weighted by atomic mass is 10.2. The summed E-state index contributed by atoms with van der Waals surface area (Å²) in [5.41, 5.74) is 1.61. The second kappa shape index (κ2) is 7.02. The van der Waals surface area contributed by atoms with E-state index in [-0.39, 0.29) is 12.1 Å². The van der Waals surface area contributed by atoms with E-state index in [1.165, 1.54) is 0 Å². The molecule has 1 heterocycles. The minimum absolute atomic E-state index is 0.155. The van der Waals surface area contributed by atoms with Crippen LogP contribution in [0.4, 0.5) is 0 Å². The third-order valence-corrected chi connectivity index (χ3v) is 3.87. The zero-order valence-electron chi connectivity index (χ0n) is 12.5. The smallest absolute Gasteiger partial charge is 0.305 e. The SMILES string of the molecule is Cc1cc(C(=O)NC(C)CC(=O)O)nn1-c1ccc(Cl)c(Cl)c1. The van der Waals surface area contributed by atoms with E-state index in [4.69, 9.17) is 28.3 Å². The van der Waals surface area contributed by atoms with Gasteiger partial charge in [-0.25, -0.2) is 4.68 Å². The van der Waals surface area contributed by atoms with Crippen LogP contribution in [0.25, 0.3) is 5.69 Å². The van der Waals surface area contributed by atoms with Crippen molar-refractivity contribution in [3.05, 3.63) is 45.7 Å². The second-order valence-electron chi connectivity index (χ2n) is 5.15. The largest absolute Gasteiger partial charge is 0.481 e. The summed E-state index contributed by atoms with van der Waals surface area (Å²) >= 11 is 11.9. The number of rotatable bonds is 5. The number of aromatic nitrogens is 2. The molecule has 0 aliphatic rings. The minimum Gasteiger partial charge on any atom is -0.481 e. The summed E-state index contributed by atoms with van der Waals surface area (Å²) in [4.78, 5) is 22.8. The van der Waals surface area contributed by atoms with E-state index in [0.717, 1.165) is 5.69 Å². The maximum Gasteiger partial charge on any atom is 0.305 e. The normalized spacial score (nSPS) is 12.0. The molecular weight excluding hydrogens is 341 g/mol. The van der Waals surface area contributed by atoms with Crippen molar-refractivity contribution < 1.29 is 14.7 Å². The van der Waals surface area contributed by atoms with Crippen molar-refractivity contribution in [1.29, 1.82) is 0 Å². The first-order valence-corrected chi connectivity index (χ1v) is 7.58. The van der Waals surface area contributed by atoms with Gasteiger partial charge in [0.1, 0.15) is 0 Å². The Balaban J connectivity index is 2.22. The molecule has 0 fully saturated rings. The lowest BCUT2D eigenvalue weighted by Gasteiger charge is -2.09. The standard InChI is InChI=1S/C15H15Cl2N3O3/c1-8(5-14(21)22)18-15(23)13-6-9(2)20(19-13)10-3-4-11(16)12(17)7-10/h3-4,6-8H,5H2,1-2H3,(H,18,23)(H,21,22). The van der Waals surface area contributed by atoms with Gasteiger partial charge in [-0.15, -0.1) is 0 Å². The van der Waals surface area contributed by atoms with Gasteiger partial charge in [-0.2, -0.15) is 5.10 Å². The zero-order valence-corrected chi connectivity index (χ0v) is 14.0. The molecule has 0 spiro atoms. The Morgan fingerprint density at radius 1 is 1.30 bits per heavy atom. The third kappa shape index (κ3) is 4.24. The Morgan fingerprint density at radius 3 is 2.61 bits per heavy atom. The molecule has 23 heavy (non-hydrogen) atoms. The number of hydrogen-bond donors (Lipinski definition) is 2. The van der Waals surface area contributed by atoms with Crippen molar-refractivity contribution in [1.82, 2.24) is 15.1 Å². The molecular formula is C15H15Cl2N3O3. The average molecular weight is 356 g/mol. The van der Waals surface area contributed by atoms with Crippen LogP contribution >= 0.6 is 23.2 Å². The number of hydrogen-bond acceptors (Lipinski definition) is 3. The highest BCUT2D eigenvalue weighted by atomic mass is 35.5. The van der Waals surface area contributed by atoms with Crippen LogP contribution < -0.4 is 5.32 Å². The molecule has 0 aliphatic carbocycles. The van der Waals surface area contributed by atoms with Gasteiger partial charge in [-0.05, 0) is 38.1 Å². The number of aliphatic carboxylic acids is 1. The fraction of sp³-hybridized carbons (Fsp3) is 0.267. The fourth-order valence-corrected chi connectivity index (χ4v) is 2.37. The van der Waals surface area contributed by atoms with Crippen molar-refractivity contribution in [2.75, 3.05) is 0 Å². The van der Waals surface area contributed by atoms with Gasteiger partial charge in [0.2, 0.25) is 0 Å². The van der Waals surface area contributed by atoms with Crippen LogP contribution in [0.2, 0.25) is 10.0 Å². The summed E-state index contributed by atoms with van der Waals surface area (Å²) < 4.78 is 1.57.